The van der Waals surface area contributed by atoms with Crippen LogP contribution in [-0.2, 0) is 16.5 Å². The van der Waals surface area contributed by atoms with Gasteiger partial charge < -0.3 is 19.9 Å². The molecule has 1 aromatic carbocycles. The summed E-state index contributed by atoms with van der Waals surface area (Å²) in [6.07, 6.45) is 8.58. The van der Waals surface area contributed by atoms with Crippen molar-refractivity contribution in [3.05, 3.63) is 72.7 Å². The molecule has 58 heavy (non-hydrogen) atoms. The van der Waals surface area contributed by atoms with E-state index in [9.17, 15) is 8.42 Å². The molecular formula is C39H71AtN10O5SSi2. The van der Waals surface area contributed by atoms with Gasteiger partial charge in [0.25, 0.3) is 10.1 Å². The second kappa shape index (κ2) is 31.9. The molecule has 4 aromatic rings. The van der Waals surface area contributed by atoms with Crippen LogP contribution in [0.4, 0.5) is 5.69 Å². The molecule has 0 radical (unpaired) electrons. The van der Waals surface area contributed by atoms with Gasteiger partial charge in [-0.05, 0) is 115 Å². The van der Waals surface area contributed by atoms with Crippen molar-refractivity contribution >= 4 is 49.1 Å². The van der Waals surface area contributed by atoms with Crippen molar-refractivity contribution in [3.63, 3.8) is 0 Å². The number of rotatable bonds is 14. The van der Waals surface area contributed by atoms with Crippen LogP contribution in [0, 0.1) is 25.2 Å². The van der Waals surface area contributed by atoms with Crippen LogP contribution >= 0.6 is 0 Å². The zero-order valence-electron chi connectivity index (χ0n) is 37.1. The van der Waals surface area contributed by atoms with E-state index < -0.39 is 26.3 Å². The molecule has 0 atom stereocenters. The first kappa shape index (κ1) is 57.1. The fourth-order valence-electron chi connectivity index (χ4n) is 4.31. The second-order valence-electron chi connectivity index (χ2n) is 16.2. The maximum Gasteiger partial charge on any atom is 0.219 e. The van der Waals surface area contributed by atoms with Crippen molar-refractivity contribution < 1.29 is 46.5 Å². The van der Waals surface area contributed by atoms with Crippen molar-refractivity contribution in [1.82, 2.24) is 34.9 Å². The number of aliphatic imine (C=N–C) groups is 2. The third kappa shape index (κ3) is 32.9. The number of anilines is 1. The number of aromatic nitrogens is 5. The standard InChI is InChI=1S/C11H18O3SSi.C8H17N3.C8H21NSi.C7H10N2.C5H4N4O.AtHO/c1-16(2,3)9-8-10-4-6-11(7-5-10)15(12,13)14;1-4-9-8-10-6-5-7-11(2)3;1-9(2)7-6-8-10(3,4)5;1-9(2)7-3-5-8-6-4-7;10-9-5-4(7-8-9)2-1-3-6-5;1-2/h4-7H,8-9H2,1-3H3,(H,12,13,14);4-7H2,1-3H3;6-8H2,1-5H3;3-6H,1-2H3;1-3,10H;2H. The van der Waals surface area contributed by atoms with Gasteiger partial charge in [0.05, 0.1) is 17.4 Å². The van der Waals surface area contributed by atoms with E-state index in [0.717, 1.165) is 63.2 Å². The van der Waals surface area contributed by atoms with E-state index in [1.54, 1.807) is 42.9 Å². The van der Waals surface area contributed by atoms with E-state index in [4.69, 9.17) is 12.9 Å². The molecule has 3 N–H and O–H groups in total. The van der Waals surface area contributed by atoms with Crippen molar-refractivity contribution in [2.75, 3.05) is 73.4 Å². The van der Waals surface area contributed by atoms with Crippen molar-refractivity contribution in [2.45, 2.75) is 82.5 Å². The third-order valence-electron chi connectivity index (χ3n) is 7.46. The van der Waals surface area contributed by atoms with Gasteiger partial charge in [0.1, 0.15) is 5.52 Å². The molecule has 0 amide bonds. The summed E-state index contributed by atoms with van der Waals surface area (Å²) in [5, 5.41) is 15.9. The summed E-state index contributed by atoms with van der Waals surface area (Å²) in [5.74, 6) is 0. The molecule has 0 fully saturated rings. The normalized spacial score (nSPS) is 10.8. The van der Waals surface area contributed by atoms with E-state index in [0.29, 0.717) is 16.0 Å². The first-order valence-electron chi connectivity index (χ1n) is 19.1. The average molecular weight is 1060 g/mol. The van der Waals surface area contributed by atoms with Gasteiger partial charge in [-0.25, -0.2) is 15.0 Å². The fourth-order valence-corrected chi connectivity index (χ4v) is 7.04. The van der Waals surface area contributed by atoms with Crippen LogP contribution in [0.15, 0.2) is 82.0 Å². The van der Waals surface area contributed by atoms with Gasteiger partial charge in [-0.15, -0.1) is 5.10 Å². The topological polar surface area (TPSA) is 186 Å². The van der Waals surface area contributed by atoms with Crippen LogP contribution in [0.1, 0.15) is 25.3 Å². The molecular weight excluding hydrogens is 987 g/mol. The number of hydrogen-bond donors (Lipinski definition) is 3. The Bertz CT molecular complexity index is 1780. The molecule has 0 bridgehead atoms. The Balaban J connectivity index is 0. The maximum atomic E-state index is 10.8. The smallest absolute Gasteiger partial charge is 0.219 e. The van der Waals surface area contributed by atoms with Gasteiger partial charge in [-0.1, -0.05) is 68.3 Å². The van der Waals surface area contributed by atoms with Gasteiger partial charge in [-0.2, -0.15) is 8.42 Å². The molecule has 15 nitrogen and oxygen atoms in total. The van der Waals surface area contributed by atoms with Crippen LogP contribution in [-0.4, -0.2) is 147 Å². The summed E-state index contributed by atoms with van der Waals surface area (Å²) in [5.41, 5.74) is 3.27. The minimum atomic E-state index is -4.05. The number of aryl methyl sites for hydroxylation is 1. The van der Waals surface area contributed by atoms with Crippen LogP contribution in [0.5, 0.6) is 0 Å². The molecule has 0 unspecified atom stereocenters. The summed E-state index contributed by atoms with van der Waals surface area (Å²) in [7, 11) is 6.56. The quantitative estimate of drug-likeness (QED) is 0.0392. The van der Waals surface area contributed by atoms with Crippen LogP contribution in [0.25, 0.3) is 11.2 Å². The molecule has 19 heteroatoms. The van der Waals surface area contributed by atoms with Gasteiger partial charge in [-0.3, -0.25) is 9.54 Å². The zero-order valence-corrected chi connectivity index (χ0v) is 42.9. The molecule has 3 heterocycles. The summed E-state index contributed by atoms with van der Waals surface area (Å²) in [6.45, 7) is 20.1. The van der Waals surface area contributed by atoms with Crippen molar-refractivity contribution in [2.24, 2.45) is 9.98 Å². The predicted octanol–water partition coefficient (Wildman–Crippen LogP) is 6.88. The molecule has 0 spiro atoms. The molecule has 0 saturated heterocycles. The number of pyridine rings is 2. The zero-order chi connectivity index (χ0) is 44.8. The average Bonchev–Trinajstić information content (AvgIpc) is 3.53. The van der Waals surface area contributed by atoms with Crippen LogP contribution in [0.3, 0.4) is 0 Å². The van der Waals surface area contributed by atoms with E-state index in [2.05, 4.69) is 114 Å². The SMILES string of the molecule is CCN=C=NCCCN(C)C.CN(C)CCC[Si](C)(C)C.CN(C)c1ccncc1.C[Si](C)(C)CCc1ccc(S(=O)(=O)O)cc1.O[At].On1nnc2cccnc21. The largest absolute Gasteiger partial charge is 0.409 e. The van der Waals surface area contributed by atoms with Gasteiger partial charge >= 0.3 is 28.3 Å². The Labute approximate surface area is 366 Å². The molecule has 328 valence electrons. The first-order valence-corrected chi connectivity index (χ1v) is 29.3. The fraction of sp³-hybridized carbons (Fsp3) is 0.564. The van der Waals surface area contributed by atoms with Crippen LogP contribution < -0.4 is 4.90 Å². The minimum absolute atomic E-state index is 0.0377. The van der Waals surface area contributed by atoms with Crippen molar-refractivity contribution in [3.8, 4) is 0 Å². The minimum Gasteiger partial charge on any atom is -0.409 e. The number of benzene rings is 1. The van der Waals surface area contributed by atoms with Crippen molar-refractivity contribution in [1.29, 1.82) is 0 Å². The molecule has 0 aliphatic carbocycles. The molecule has 0 saturated carbocycles. The number of nitrogens with zero attached hydrogens (tertiary/aromatic N) is 10. The van der Waals surface area contributed by atoms with E-state index in [1.807, 2.05) is 38.1 Å². The third-order valence-corrected chi connectivity index (χ3v) is 11.9. The first-order chi connectivity index (χ1) is 27.1. The van der Waals surface area contributed by atoms with Gasteiger partial charge in [0, 0.05) is 61.1 Å². The Morgan fingerprint density at radius 1 is 0.793 bits per heavy atom. The van der Waals surface area contributed by atoms with Gasteiger partial charge in [0.2, 0.25) is 5.65 Å². The second-order valence-corrected chi connectivity index (χ2v) is 28.8. The summed E-state index contributed by atoms with van der Waals surface area (Å²) in [6, 6.07) is 19.1. The molecule has 0 aliphatic rings. The summed E-state index contributed by atoms with van der Waals surface area (Å²) < 4.78 is 37.5. The van der Waals surface area contributed by atoms with E-state index in [1.165, 1.54) is 42.9 Å². The summed E-state index contributed by atoms with van der Waals surface area (Å²) in [4.78, 5) is 22.6. The molecule has 4 rings (SSSR count). The maximum absolute atomic E-state index is 10.8. The molecule has 0 aliphatic heterocycles. The Hall–Kier alpha value is -2.99. The van der Waals surface area contributed by atoms with Gasteiger partial charge in [0.15, 0.2) is 0 Å². The van der Waals surface area contributed by atoms with E-state index in [-0.39, 0.29) is 4.90 Å². The Kier molecular flexibility index (Phi) is 31.4. The van der Waals surface area contributed by atoms with Crippen LogP contribution in [0.2, 0.25) is 51.4 Å². The Morgan fingerprint density at radius 3 is 1.79 bits per heavy atom. The predicted molar refractivity (Wildman–Crippen MR) is 241 cm³/mol. The summed E-state index contributed by atoms with van der Waals surface area (Å²) >= 11 is 0.722. The Morgan fingerprint density at radius 2 is 1.34 bits per heavy atom. The molecule has 3 aromatic heterocycles. The number of hydrogen-bond acceptors (Lipinski definition) is 13. The van der Waals surface area contributed by atoms with E-state index >= 15 is 0 Å². The number of fused-ring (bicyclic) bond motifs is 1. The monoisotopic (exact) mass is 1060 g/mol.